The molecule has 2 nitrogen and oxygen atoms in total. The van der Waals surface area contributed by atoms with Gasteiger partial charge in [-0.15, -0.1) is 6.58 Å². The monoisotopic (exact) mass is 216 g/mol. The van der Waals surface area contributed by atoms with E-state index in [1.165, 1.54) is 0 Å². The summed E-state index contributed by atoms with van der Waals surface area (Å²) in [5.74, 6) is -0.311. The highest BCUT2D eigenvalue weighted by atomic mass is 16.5. The molecule has 1 unspecified atom stereocenters. The van der Waals surface area contributed by atoms with E-state index in [0.29, 0.717) is 5.56 Å². The van der Waals surface area contributed by atoms with E-state index in [1.54, 1.807) is 24.3 Å². The molecule has 84 valence electrons. The maximum Gasteiger partial charge on any atom is 0.338 e. The van der Waals surface area contributed by atoms with Crippen LogP contribution < -0.4 is 0 Å². The fourth-order valence-electron chi connectivity index (χ4n) is 1.29. The Morgan fingerprint density at radius 2 is 2.00 bits per heavy atom. The van der Waals surface area contributed by atoms with Crippen LogP contribution in [0.4, 0.5) is 0 Å². The van der Waals surface area contributed by atoms with Crippen LogP contribution in [0.5, 0.6) is 0 Å². The van der Waals surface area contributed by atoms with Crippen molar-refractivity contribution in [3.05, 3.63) is 61.2 Å². The van der Waals surface area contributed by atoms with Crippen LogP contribution in [0.3, 0.4) is 0 Å². The molecule has 0 saturated heterocycles. The highest BCUT2D eigenvalue weighted by Crippen LogP contribution is 2.09. The van der Waals surface area contributed by atoms with Gasteiger partial charge in [-0.05, 0) is 25.0 Å². The molecule has 0 saturated carbocycles. The maximum atomic E-state index is 11.7. The number of hydrogen-bond acceptors (Lipinski definition) is 2. The van der Waals surface area contributed by atoms with Crippen LogP contribution >= 0.6 is 0 Å². The van der Waals surface area contributed by atoms with Gasteiger partial charge in [-0.25, -0.2) is 4.79 Å². The van der Waals surface area contributed by atoms with Gasteiger partial charge in [0, 0.05) is 0 Å². The number of carbonyl (C=O) groups excluding carboxylic acids is 1. The largest absolute Gasteiger partial charge is 0.455 e. The molecule has 0 aromatic heterocycles. The third-order valence-corrected chi connectivity index (χ3v) is 2.19. The Kier molecular flexibility index (Phi) is 5.06. The third kappa shape index (κ3) is 3.73. The Balaban J connectivity index is 2.55. The molecule has 0 fully saturated rings. The summed E-state index contributed by atoms with van der Waals surface area (Å²) in [7, 11) is 0. The number of allylic oxidation sites excluding steroid dienone is 1. The lowest BCUT2D eigenvalue weighted by Crippen LogP contribution is -2.15. The van der Waals surface area contributed by atoms with E-state index < -0.39 is 0 Å². The van der Waals surface area contributed by atoms with Crippen LogP contribution in [0.1, 0.15) is 23.2 Å². The molecule has 0 bridgehead atoms. The van der Waals surface area contributed by atoms with E-state index in [9.17, 15) is 4.79 Å². The van der Waals surface area contributed by atoms with E-state index in [-0.39, 0.29) is 12.1 Å². The molecule has 0 aliphatic rings. The number of hydrogen-bond donors (Lipinski definition) is 0. The smallest absolute Gasteiger partial charge is 0.338 e. The molecule has 1 aromatic carbocycles. The van der Waals surface area contributed by atoms with Crippen molar-refractivity contribution >= 4 is 5.97 Å². The van der Waals surface area contributed by atoms with Gasteiger partial charge in [0.15, 0.2) is 0 Å². The van der Waals surface area contributed by atoms with Crippen molar-refractivity contribution < 1.29 is 9.53 Å². The van der Waals surface area contributed by atoms with Crippen LogP contribution in [0.2, 0.25) is 0 Å². The number of esters is 1. The molecule has 2 heteroatoms. The van der Waals surface area contributed by atoms with Gasteiger partial charge in [-0.1, -0.05) is 36.9 Å². The van der Waals surface area contributed by atoms with Crippen molar-refractivity contribution in [2.75, 3.05) is 0 Å². The van der Waals surface area contributed by atoms with Crippen molar-refractivity contribution in [3.63, 3.8) is 0 Å². The maximum absolute atomic E-state index is 11.7. The van der Waals surface area contributed by atoms with Crippen LogP contribution in [0.25, 0.3) is 0 Å². The highest BCUT2D eigenvalue weighted by Gasteiger charge is 2.11. The van der Waals surface area contributed by atoms with E-state index in [4.69, 9.17) is 4.74 Å². The second kappa shape index (κ2) is 6.62. The lowest BCUT2D eigenvalue weighted by Gasteiger charge is -2.12. The van der Waals surface area contributed by atoms with E-state index >= 15 is 0 Å². The average Bonchev–Trinajstić information content (AvgIpc) is 2.35. The van der Waals surface area contributed by atoms with Gasteiger partial charge >= 0.3 is 5.97 Å². The molecule has 0 aliphatic heterocycles. The standard InChI is InChI=1S/C14H16O2/c1-3-5-11-13(4-2)16-14(15)12-9-7-6-8-10-12/h3-4,6-10,13H,1-2,5,11H2. The zero-order valence-electron chi connectivity index (χ0n) is 9.26. The normalized spacial score (nSPS) is 11.5. The van der Waals surface area contributed by atoms with Crippen molar-refractivity contribution in [2.45, 2.75) is 18.9 Å². The number of rotatable bonds is 6. The molecule has 0 radical (unpaired) electrons. The first-order valence-corrected chi connectivity index (χ1v) is 5.27. The highest BCUT2D eigenvalue weighted by molar-refractivity contribution is 5.89. The van der Waals surface area contributed by atoms with Crippen molar-refractivity contribution in [3.8, 4) is 0 Å². The molecule has 1 atom stereocenters. The van der Waals surface area contributed by atoms with Gasteiger partial charge in [0.05, 0.1) is 5.56 Å². The molecule has 1 aromatic rings. The van der Waals surface area contributed by atoms with Gasteiger partial charge in [0.2, 0.25) is 0 Å². The van der Waals surface area contributed by atoms with Gasteiger partial charge in [0.1, 0.15) is 6.10 Å². The summed E-state index contributed by atoms with van der Waals surface area (Å²) in [6.07, 6.45) is 4.73. The topological polar surface area (TPSA) is 26.3 Å². The van der Waals surface area contributed by atoms with E-state index in [1.807, 2.05) is 18.2 Å². The number of carbonyl (C=O) groups is 1. The first kappa shape index (κ1) is 12.2. The summed E-state index contributed by atoms with van der Waals surface area (Å²) >= 11 is 0. The van der Waals surface area contributed by atoms with Gasteiger partial charge in [0.25, 0.3) is 0 Å². The molecule has 0 amide bonds. The summed E-state index contributed by atoms with van der Waals surface area (Å²) in [5, 5.41) is 0. The Labute approximate surface area is 96.2 Å². The van der Waals surface area contributed by atoms with Crippen molar-refractivity contribution in [1.29, 1.82) is 0 Å². The zero-order chi connectivity index (χ0) is 11.8. The second-order valence-electron chi connectivity index (χ2n) is 3.41. The van der Waals surface area contributed by atoms with Crippen LogP contribution in [0.15, 0.2) is 55.6 Å². The lowest BCUT2D eigenvalue weighted by molar-refractivity contribution is 0.0383. The minimum Gasteiger partial charge on any atom is -0.455 e. The quantitative estimate of drug-likeness (QED) is 0.538. The minimum atomic E-state index is -0.311. The Bertz CT molecular complexity index is 354. The lowest BCUT2D eigenvalue weighted by atomic mass is 10.2. The summed E-state index contributed by atoms with van der Waals surface area (Å²) in [6.45, 7) is 7.28. The number of benzene rings is 1. The predicted octanol–water partition coefficient (Wildman–Crippen LogP) is 3.36. The predicted molar refractivity (Wildman–Crippen MR) is 65.3 cm³/mol. The molecule has 1 rings (SSSR count). The molecule has 0 N–H and O–H groups in total. The molecule has 0 spiro atoms. The second-order valence-corrected chi connectivity index (χ2v) is 3.41. The van der Waals surface area contributed by atoms with Crippen molar-refractivity contribution in [1.82, 2.24) is 0 Å². The van der Waals surface area contributed by atoms with Crippen LogP contribution in [-0.2, 0) is 4.74 Å². The zero-order valence-corrected chi connectivity index (χ0v) is 9.26. The Morgan fingerprint density at radius 3 is 2.56 bits per heavy atom. The fraction of sp³-hybridized carbons (Fsp3) is 0.214. The Hall–Kier alpha value is -1.83. The molecule has 0 aliphatic carbocycles. The van der Waals surface area contributed by atoms with E-state index in [0.717, 1.165) is 12.8 Å². The first-order valence-electron chi connectivity index (χ1n) is 5.27. The van der Waals surface area contributed by atoms with Crippen LogP contribution in [-0.4, -0.2) is 12.1 Å². The fourth-order valence-corrected chi connectivity index (χ4v) is 1.29. The third-order valence-electron chi connectivity index (χ3n) is 2.19. The molecular formula is C14H16O2. The molecule has 0 heterocycles. The summed E-state index contributed by atoms with van der Waals surface area (Å²) in [4.78, 5) is 11.7. The summed E-state index contributed by atoms with van der Waals surface area (Å²) < 4.78 is 5.28. The minimum absolute atomic E-state index is 0.245. The molecule has 16 heavy (non-hydrogen) atoms. The molecular weight excluding hydrogens is 200 g/mol. The van der Waals surface area contributed by atoms with E-state index in [2.05, 4.69) is 13.2 Å². The summed E-state index contributed by atoms with van der Waals surface area (Å²) in [5.41, 5.74) is 0.563. The Morgan fingerprint density at radius 1 is 1.31 bits per heavy atom. The van der Waals surface area contributed by atoms with Gasteiger partial charge in [-0.3, -0.25) is 0 Å². The average molecular weight is 216 g/mol. The first-order chi connectivity index (χ1) is 7.77. The number of ether oxygens (including phenoxy) is 1. The van der Waals surface area contributed by atoms with Gasteiger partial charge in [-0.2, -0.15) is 0 Å². The van der Waals surface area contributed by atoms with Crippen LogP contribution in [0, 0.1) is 0 Å². The SMILES string of the molecule is C=CCCC(C=C)OC(=O)c1ccccc1. The van der Waals surface area contributed by atoms with Gasteiger partial charge < -0.3 is 4.74 Å². The van der Waals surface area contributed by atoms with Crippen molar-refractivity contribution in [2.24, 2.45) is 0 Å². The summed E-state index contributed by atoms with van der Waals surface area (Å²) in [6, 6.07) is 8.94.